The lowest BCUT2D eigenvalue weighted by atomic mass is 9.40. The number of fused-ring (bicyclic) bond motifs is 3. The number of carbonyl (C=O) groups excluding carboxylic acids is 2. The monoisotopic (exact) mass is 430 g/mol. The molecule has 5 rings (SSSR count). The van der Waals surface area contributed by atoms with Crippen LogP contribution in [-0.4, -0.2) is 36.9 Å². The van der Waals surface area contributed by atoms with Crippen LogP contribution in [0.1, 0.15) is 79.1 Å². The largest absolute Gasteiger partial charge is 0.469 e. The first-order chi connectivity index (χ1) is 14.5. The van der Waals surface area contributed by atoms with Crippen LogP contribution in [0.25, 0.3) is 0 Å². The zero-order chi connectivity index (χ0) is 22.4. The Morgan fingerprint density at radius 2 is 1.74 bits per heavy atom. The van der Waals surface area contributed by atoms with Crippen molar-refractivity contribution >= 4 is 11.9 Å². The molecule has 5 nitrogen and oxygen atoms in total. The summed E-state index contributed by atoms with van der Waals surface area (Å²) in [6, 6.07) is 0. The lowest BCUT2D eigenvalue weighted by Crippen LogP contribution is -2.60. The molecule has 0 N–H and O–H groups in total. The first-order valence-electron chi connectivity index (χ1n) is 12.2. The number of hydrogen-bond donors (Lipinski definition) is 0. The van der Waals surface area contributed by atoms with Crippen LogP contribution in [-0.2, 0) is 23.8 Å². The van der Waals surface area contributed by atoms with Gasteiger partial charge in [0.05, 0.1) is 18.6 Å². The van der Waals surface area contributed by atoms with Gasteiger partial charge in [0.1, 0.15) is 6.10 Å². The molecule has 0 aromatic rings. The minimum absolute atomic E-state index is 0.0486. The summed E-state index contributed by atoms with van der Waals surface area (Å²) in [5.41, 5.74) is -0.122. The lowest BCUT2D eigenvalue weighted by molar-refractivity contribution is -0.199. The molecule has 1 aliphatic heterocycles. The zero-order valence-corrected chi connectivity index (χ0v) is 19.8. The van der Waals surface area contributed by atoms with Gasteiger partial charge in [0.25, 0.3) is 0 Å². The Bertz CT molecular complexity index is 836. The number of carbonyl (C=O) groups is 2. The summed E-state index contributed by atoms with van der Waals surface area (Å²) in [5.74, 6) is 0.890. The highest BCUT2D eigenvalue weighted by atomic mass is 16.7. The average Bonchev–Trinajstić information content (AvgIpc) is 3.32. The van der Waals surface area contributed by atoms with Crippen molar-refractivity contribution in [2.24, 2.45) is 34.0 Å². The van der Waals surface area contributed by atoms with Crippen molar-refractivity contribution in [2.45, 2.75) is 96.9 Å². The molecule has 0 radical (unpaired) electrons. The lowest BCUT2D eigenvalue weighted by Gasteiger charge is -2.64. The Kier molecular flexibility index (Phi) is 4.56. The fraction of sp³-hybridized carbons (Fsp3) is 0.846. The molecule has 0 aromatic heterocycles. The standard InChI is InChI=1S/C26H38O5/c1-15-17-8-9-19-23(3)11-7-12-24(4,21(27)29-6)18(23)10-13-26(19,14-17)20(15)30-22(28)25(5)16(2)31-25/h16-20H,1,7-14H2,2-6H3. The van der Waals surface area contributed by atoms with Gasteiger partial charge in [-0.2, -0.15) is 0 Å². The Morgan fingerprint density at radius 3 is 2.39 bits per heavy atom. The van der Waals surface area contributed by atoms with Gasteiger partial charge in [0, 0.05) is 5.41 Å². The van der Waals surface area contributed by atoms with Crippen LogP contribution < -0.4 is 0 Å². The molecule has 4 aliphatic carbocycles. The summed E-state index contributed by atoms with van der Waals surface area (Å²) in [7, 11) is 1.52. The summed E-state index contributed by atoms with van der Waals surface area (Å²) >= 11 is 0. The van der Waals surface area contributed by atoms with E-state index in [2.05, 4.69) is 20.4 Å². The van der Waals surface area contributed by atoms with Crippen molar-refractivity contribution in [3.05, 3.63) is 12.2 Å². The second-order valence-electron chi connectivity index (χ2n) is 11.9. The summed E-state index contributed by atoms with van der Waals surface area (Å²) < 4.78 is 17.1. The van der Waals surface area contributed by atoms with E-state index < -0.39 is 11.0 Å². The fourth-order valence-electron chi connectivity index (χ4n) is 8.77. The number of hydrogen-bond acceptors (Lipinski definition) is 5. The third-order valence-electron chi connectivity index (χ3n) is 10.6. The predicted molar refractivity (Wildman–Crippen MR) is 116 cm³/mol. The number of rotatable bonds is 3. The SMILES string of the molecule is C=C1C2CCC3C4(C)CCCC(C)(C(=O)OC)C4CCC3(C2)C1OC(=O)C1(C)OC1C. The fourth-order valence-corrected chi connectivity index (χ4v) is 8.77. The molecule has 5 fully saturated rings. The van der Waals surface area contributed by atoms with E-state index in [1.54, 1.807) is 0 Å². The molecule has 9 unspecified atom stereocenters. The molecule has 0 aromatic carbocycles. The van der Waals surface area contributed by atoms with Crippen molar-refractivity contribution in [1.29, 1.82) is 0 Å². The molecular formula is C26H38O5. The smallest absolute Gasteiger partial charge is 0.341 e. The normalized spacial score (nSPS) is 52.7. The summed E-state index contributed by atoms with van der Waals surface area (Å²) in [4.78, 5) is 25.9. The van der Waals surface area contributed by atoms with Crippen molar-refractivity contribution < 1.29 is 23.8 Å². The molecule has 1 spiro atoms. The van der Waals surface area contributed by atoms with Gasteiger partial charge in [-0.1, -0.05) is 19.9 Å². The Labute approximate surface area is 186 Å². The maximum atomic E-state index is 13.0. The van der Waals surface area contributed by atoms with E-state index in [0.717, 1.165) is 56.9 Å². The second-order valence-corrected chi connectivity index (χ2v) is 11.9. The van der Waals surface area contributed by atoms with E-state index in [1.807, 2.05) is 13.8 Å². The van der Waals surface area contributed by atoms with E-state index in [9.17, 15) is 9.59 Å². The van der Waals surface area contributed by atoms with E-state index >= 15 is 0 Å². The molecule has 1 heterocycles. The minimum Gasteiger partial charge on any atom is -0.469 e. The number of epoxide rings is 1. The predicted octanol–water partition coefficient (Wildman–Crippen LogP) is 4.83. The van der Waals surface area contributed by atoms with Gasteiger partial charge in [-0.25, -0.2) is 4.79 Å². The highest BCUT2D eigenvalue weighted by Gasteiger charge is 2.69. The van der Waals surface area contributed by atoms with Gasteiger partial charge >= 0.3 is 11.9 Å². The number of ether oxygens (including phenoxy) is 3. The number of esters is 2. The van der Waals surface area contributed by atoms with Crippen LogP contribution >= 0.6 is 0 Å². The highest BCUT2D eigenvalue weighted by molar-refractivity contribution is 5.83. The summed E-state index contributed by atoms with van der Waals surface area (Å²) in [6.07, 6.45) is 8.05. The Balaban J connectivity index is 1.50. The topological polar surface area (TPSA) is 65.1 Å². The zero-order valence-electron chi connectivity index (χ0n) is 19.8. The summed E-state index contributed by atoms with van der Waals surface area (Å²) in [6.45, 7) is 12.7. The molecule has 5 heteroatoms. The van der Waals surface area contributed by atoms with Crippen molar-refractivity contribution in [1.82, 2.24) is 0 Å². The number of methoxy groups -OCH3 is 1. The van der Waals surface area contributed by atoms with Crippen LogP contribution in [0.2, 0.25) is 0 Å². The van der Waals surface area contributed by atoms with E-state index in [-0.39, 0.29) is 35.0 Å². The van der Waals surface area contributed by atoms with Gasteiger partial charge in [0.2, 0.25) is 0 Å². The van der Waals surface area contributed by atoms with Crippen LogP contribution in [0.3, 0.4) is 0 Å². The molecule has 2 bridgehead atoms. The van der Waals surface area contributed by atoms with Gasteiger partial charge in [-0.15, -0.1) is 0 Å². The molecular weight excluding hydrogens is 392 g/mol. The second kappa shape index (κ2) is 6.59. The molecule has 1 saturated heterocycles. The molecule has 172 valence electrons. The van der Waals surface area contributed by atoms with Crippen LogP contribution in [0.5, 0.6) is 0 Å². The molecule has 4 saturated carbocycles. The first kappa shape index (κ1) is 21.5. The van der Waals surface area contributed by atoms with Crippen LogP contribution in [0.4, 0.5) is 0 Å². The molecule has 0 amide bonds. The van der Waals surface area contributed by atoms with E-state index in [4.69, 9.17) is 14.2 Å². The average molecular weight is 431 g/mol. The van der Waals surface area contributed by atoms with Crippen LogP contribution in [0.15, 0.2) is 12.2 Å². The third kappa shape index (κ3) is 2.65. The van der Waals surface area contributed by atoms with Crippen molar-refractivity contribution in [3.63, 3.8) is 0 Å². The molecule has 9 atom stereocenters. The quantitative estimate of drug-likeness (QED) is 0.365. The van der Waals surface area contributed by atoms with Gasteiger partial charge in [-0.3, -0.25) is 4.79 Å². The molecule has 31 heavy (non-hydrogen) atoms. The van der Waals surface area contributed by atoms with Crippen molar-refractivity contribution in [2.75, 3.05) is 7.11 Å². The van der Waals surface area contributed by atoms with E-state index in [1.165, 1.54) is 7.11 Å². The van der Waals surface area contributed by atoms with Gasteiger partial charge in [-0.05, 0) is 94.5 Å². The van der Waals surface area contributed by atoms with Gasteiger partial charge < -0.3 is 14.2 Å². The first-order valence-corrected chi connectivity index (χ1v) is 12.2. The van der Waals surface area contributed by atoms with E-state index in [0.29, 0.717) is 17.8 Å². The maximum Gasteiger partial charge on any atom is 0.341 e. The third-order valence-corrected chi connectivity index (χ3v) is 10.6. The summed E-state index contributed by atoms with van der Waals surface area (Å²) in [5, 5.41) is 0. The van der Waals surface area contributed by atoms with Crippen LogP contribution in [0, 0.1) is 34.0 Å². The van der Waals surface area contributed by atoms with Crippen molar-refractivity contribution in [3.8, 4) is 0 Å². The maximum absolute atomic E-state index is 13.0. The Morgan fingerprint density at radius 1 is 1.03 bits per heavy atom. The minimum atomic E-state index is -0.807. The van der Waals surface area contributed by atoms with Gasteiger partial charge in [0.15, 0.2) is 5.60 Å². The molecule has 5 aliphatic rings. The highest BCUT2D eigenvalue weighted by Crippen LogP contribution is 2.72. The Hall–Kier alpha value is -1.36.